The lowest BCUT2D eigenvalue weighted by atomic mass is 10.1. The predicted molar refractivity (Wildman–Crippen MR) is 76.2 cm³/mol. The molecule has 2 rings (SSSR count). The first-order valence-electron chi connectivity index (χ1n) is 7.01. The maximum absolute atomic E-state index is 12.1. The van der Waals surface area contributed by atoms with Gasteiger partial charge in [0.2, 0.25) is 5.91 Å². The van der Waals surface area contributed by atoms with Gasteiger partial charge < -0.3 is 9.64 Å². The Bertz CT molecular complexity index is 498. The Kier molecular flexibility index (Phi) is 4.77. The third-order valence-corrected chi connectivity index (χ3v) is 3.79. The van der Waals surface area contributed by atoms with Crippen molar-refractivity contribution in [3.05, 3.63) is 35.4 Å². The fourth-order valence-electron chi connectivity index (χ4n) is 2.62. The first-order valence-corrected chi connectivity index (χ1v) is 7.01. The van der Waals surface area contributed by atoms with Crippen molar-refractivity contribution in [1.29, 1.82) is 0 Å². The number of carbonyl (C=O) groups excluding carboxylic acids is 2. The van der Waals surface area contributed by atoms with Crippen LogP contribution >= 0.6 is 0 Å². The van der Waals surface area contributed by atoms with Crippen LogP contribution in [0.25, 0.3) is 0 Å². The lowest BCUT2D eigenvalue weighted by Gasteiger charge is -2.16. The van der Waals surface area contributed by atoms with E-state index in [4.69, 9.17) is 4.74 Å². The van der Waals surface area contributed by atoms with E-state index in [0.29, 0.717) is 25.9 Å². The molecule has 1 unspecified atom stereocenters. The number of amides is 1. The molecule has 1 atom stereocenters. The van der Waals surface area contributed by atoms with Crippen LogP contribution < -0.4 is 0 Å². The van der Waals surface area contributed by atoms with Crippen LogP contribution in [0.15, 0.2) is 24.3 Å². The number of hydrogen-bond acceptors (Lipinski definition) is 3. The van der Waals surface area contributed by atoms with E-state index >= 15 is 0 Å². The van der Waals surface area contributed by atoms with E-state index in [0.717, 1.165) is 6.42 Å². The Hall–Kier alpha value is -1.84. The monoisotopic (exact) mass is 275 g/mol. The van der Waals surface area contributed by atoms with Gasteiger partial charge in [0.15, 0.2) is 0 Å². The highest BCUT2D eigenvalue weighted by molar-refractivity contribution is 5.79. The lowest BCUT2D eigenvalue weighted by Crippen LogP contribution is -2.30. The largest absolute Gasteiger partial charge is 0.469 e. The van der Waals surface area contributed by atoms with Crippen LogP contribution in [0.4, 0.5) is 0 Å². The van der Waals surface area contributed by atoms with Crippen LogP contribution in [0.5, 0.6) is 0 Å². The first-order chi connectivity index (χ1) is 9.60. The molecule has 0 aromatic heterocycles. The van der Waals surface area contributed by atoms with Gasteiger partial charge in [-0.2, -0.15) is 0 Å². The zero-order valence-electron chi connectivity index (χ0n) is 12.1. The molecule has 1 heterocycles. The zero-order valence-corrected chi connectivity index (χ0v) is 12.1. The molecule has 0 radical (unpaired) electrons. The summed E-state index contributed by atoms with van der Waals surface area (Å²) in [5.74, 6) is -0.236. The van der Waals surface area contributed by atoms with E-state index in [1.54, 1.807) is 4.90 Å². The Labute approximate surface area is 119 Å². The van der Waals surface area contributed by atoms with E-state index < -0.39 is 0 Å². The van der Waals surface area contributed by atoms with Crippen LogP contribution in [-0.4, -0.2) is 37.0 Å². The Morgan fingerprint density at radius 1 is 1.40 bits per heavy atom. The maximum atomic E-state index is 12.1. The van der Waals surface area contributed by atoms with Crippen LogP contribution in [-0.2, 0) is 20.7 Å². The highest BCUT2D eigenvalue weighted by Crippen LogP contribution is 2.19. The Morgan fingerprint density at radius 2 is 2.20 bits per heavy atom. The van der Waals surface area contributed by atoms with Crippen molar-refractivity contribution in [2.24, 2.45) is 5.92 Å². The normalized spacial score (nSPS) is 18.1. The molecule has 1 amide bonds. The molecule has 0 saturated carbocycles. The molecule has 0 spiro atoms. The van der Waals surface area contributed by atoms with Gasteiger partial charge in [0.05, 0.1) is 13.0 Å². The summed E-state index contributed by atoms with van der Waals surface area (Å²) in [4.78, 5) is 25.3. The summed E-state index contributed by atoms with van der Waals surface area (Å²) in [5, 5.41) is 0. The summed E-state index contributed by atoms with van der Waals surface area (Å²) in [6.07, 6.45) is 1.96. The Balaban J connectivity index is 1.83. The number of aryl methyl sites for hydroxylation is 2. The number of methoxy groups -OCH3 is 1. The minimum Gasteiger partial charge on any atom is -0.469 e. The topological polar surface area (TPSA) is 46.6 Å². The lowest BCUT2D eigenvalue weighted by molar-refractivity contribution is -0.145. The quantitative estimate of drug-likeness (QED) is 0.789. The molecular formula is C16H21NO3. The minimum absolute atomic E-state index is 0.123. The molecule has 1 fully saturated rings. The highest BCUT2D eigenvalue weighted by Gasteiger charge is 2.31. The third kappa shape index (κ3) is 3.59. The van der Waals surface area contributed by atoms with E-state index in [1.165, 1.54) is 18.2 Å². The molecule has 0 aliphatic carbocycles. The van der Waals surface area contributed by atoms with Gasteiger partial charge in [0, 0.05) is 19.5 Å². The third-order valence-electron chi connectivity index (χ3n) is 3.79. The van der Waals surface area contributed by atoms with Crippen molar-refractivity contribution in [1.82, 2.24) is 4.90 Å². The second-order valence-corrected chi connectivity index (χ2v) is 5.34. The van der Waals surface area contributed by atoms with Crippen molar-refractivity contribution < 1.29 is 14.3 Å². The smallest absolute Gasteiger partial charge is 0.310 e. The van der Waals surface area contributed by atoms with Gasteiger partial charge in [-0.25, -0.2) is 0 Å². The fraction of sp³-hybridized carbons (Fsp3) is 0.500. The number of carbonyl (C=O) groups is 2. The number of benzene rings is 1. The van der Waals surface area contributed by atoms with Crippen LogP contribution in [0.3, 0.4) is 0 Å². The summed E-state index contributed by atoms with van der Waals surface area (Å²) in [6.45, 7) is 3.21. The van der Waals surface area contributed by atoms with Crippen molar-refractivity contribution in [3.8, 4) is 0 Å². The first kappa shape index (κ1) is 14.6. The summed E-state index contributed by atoms with van der Waals surface area (Å²) in [5.41, 5.74) is 2.39. The summed E-state index contributed by atoms with van der Waals surface area (Å²) >= 11 is 0. The molecule has 0 N–H and O–H groups in total. The molecule has 0 bridgehead atoms. The predicted octanol–water partition coefficient (Wildman–Crippen LogP) is 1.95. The molecule has 1 aliphatic heterocycles. The van der Waals surface area contributed by atoms with Crippen LogP contribution in [0.2, 0.25) is 0 Å². The van der Waals surface area contributed by atoms with Gasteiger partial charge in [-0.05, 0) is 25.3 Å². The van der Waals surface area contributed by atoms with Gasteiger partial charge >= 0.3 is 5.97 Å². The number of hydrogen-bond donors (Lipinski definition) is 0. The molecule has 1 aromatic rings. The SMILES string of the molecule is COC(=O)C1CCN(C(=O)CCc2cccc(C)c2)C1. The second kappa shape index (κ2) is 6.55. The van der Waals surface area contributed by atoms with Crippen molar-refractivity contribution >= 4 is 11.9 Å². The number of rotatable bonds is 4. The Morgan fingerprint density at radius 3 is 2.90 bits per heavy atom. The van der Waals surface area contributed by atoms with Gasteiger partial charge in [-0.1, -0.05) is 29.8 Å². The maximum Gasteiger partial charge on any atom is 0.310 e. The number of esters is 1. The number of ether oxygens (including phenoxy) is 1. The molecular weight excluding hydrogens is 254 g/mol. The van der Waals surface area contributed by atoms with E-state index in [1.807, 2.05) is 25.1 Å². The zero-order chi connectivity index (χ0) is 14.5. The highest BCUT2D eigenvalue weighted by atomic mass is 16.5. The van der Waals surface area contributed by atoms with Crippen molar-refractivity contribution in [3.63, 3.8) is 0 Å². The standard InChI is InChI=1S/C16H21NO3/c1-12-4-3-5-13(10-12)6-7-15(18)17-9-8-14(11-17)16(19)20-2/h3-5,10,14H,6-9,11H2,1-2H3. The second-order valence-electron chi connectivity index (χ2n) is 5.34. The van der Waals surface area contributed by atoms with E-state index in [-0.39, 0.29) is 17.8 Å². The van der Waals surface area contributed by atoms with Gasteiger partial charge in [0.1, 0.15) is 0 Å². The molecule has 20 heavy (non-hydrogen) atoms. The summed E-state index contributed by atoms with van der Waals surface area (Å²) < 4.78 is 4.73. The molecule has 1 aromatic carbocycles. The van der Waals surface area contributed by atoms with E-state index in [9.17, 15) is 9.59 Å². The molecule has 4 heteroatoms. The van der Waals surface area contributed by atoms with E-state index in [2.05, 4.69) is 6.07 Å². The minimum atomic E-state index is -0.209. The van der Waals surface area contributed by atoms with Crippen molar-refractivity contribution in [2.75, 3.05) is 20.2 Å². The fourth-order valence-corrected chi connectivity index (χ4v) is 2.62. The van der Waals surface area contributed by atoms with Crippen LogP contribution in [0.1, 0.15) is 24.0 Å². The van der Waals surface area contributed by atoms with Gasteiger partial charge in [0.25, 0.3) is 0 Å². The van der Waals surface area contributed by atoms with Gasteiger partial charge in [-0.15, -0.1) is 0 Å². The molecule has 1 aliphatic rings. The molecule has 1 saturated heterocycles. The summed E-state index contributed by atoms with van der Waals surface area (Å²) in [7, 11) is 1.39. The number of nitrogens with zero attached hydrogens (tertiary/aromatic N) is 1. The van der Waals surface area contributed by atoms with Gasteiger partial charge in [-0.3, -0.25) is 9.59 Å². The average molecular weight is 275 g/mol. The average Bonchev–Trinajstić information content (AvgIpc) is 2.94. The molecule has 108 valence electrons. The van der Waals surface area contributed by atoms with Crippen LogP contribution in [0, 0.1) is 12.8 Å². The summed E-state index contributed by atoms with van der Waals surface area (Å²) in [6, 6.07) is 8.21. The van der Waals surface area contributed by atoms with Crippen molar-refractivity contribution in [2.45, 2.75) is 26.2 Å². The molecule has 4 nitrogen and oxygen atoms in total. The number of likely N-dealkylation sites (tertiary alicyclic amines) is 1.